The van der Waals surface area contributed by atoms with Gasteiger partial charge in [-0.25, -0.2) is 4.98 Å². The number of nitrogens with zero attached hydrogens (tertiary/aromatic N) is 3. The van der Waals surface area contributed by atoms with Crippen LogP contribution in [0.2, 0.25) is 0 Å². The van der Waals surface area contributed by atoms with Crippen LogP contribution in [0.3, 0.4) is 0 Å². The van der Waals surface area contributed by atoms with Crippen molar-refractivity contribution in [2.75, 3.05) is 23.3 Å². The van der Waals surface area contributed by atoms with Gasteiger partial charge in [0.15, 0.2) is 0 Å². The molecule has 0 aromatic carbocycles. The zero-order valence-electron chi connectivity index (χ0n) is 11.4. The van der Waals surface area contributed by atoms with Crippen LogP contribution in [0.15, 0.2) is 6.20 Å². The van der Waals surface area contributed by atoms with Gasteiger partial charge in [-0.1, -0.05) is 0 Å². The summed E-state index contributed by atoms with van der Waals surface area (Å²) in [4.78, 5) is 21.6. The number of nitrogens with one attached hydrogen (secondary N) is 1. The molecule has 1 rings (SSSR count). The molecule has 6 nitrogen and oxygen atoms in total. The first-order valence-corrected chi connectivity index (χ1v) is 6.08. The first kappa shape index (κ1) is 14.2. The molecule has 0 spiro atoms. The minimum atomic E-state index is -0.369. The third kappa shape index (κ3) is 3.58. The van der Waals surface area contributed by atoms with Crippen LogP contribution < -0.4 is 16.0 Å². The Morgan fingerprint density at radius 3 is 2.72 bits per heavy atom. The van der Waals surface area contributed by atoms with Gasteiger partial charge in [0.25, 0.3) is 0 Å². The van der Waals surface area contributed by atoms with Crippen molar-refractivity contribution in [1.29, 1.82) is 0 Å². The number of aryl methyl sites for hydroxylation is 1. The number of hydrogen-bond acceptors (Lipinski definition) is 5. The van der Waals surface area contributed by atoms with Crippen LogP contribution >= 0.6 is 0 Å². The lowest BCUT2D eigenvalue weighted by Crippen LogP contribution is -2.39. The molecule has 1 aromatic heterocycles. The zero-order chi connectivity index (χ0) is 13.7. The van der Waals surface area contributed by atoms with Gasteiger partial charge in [0.05, 0.1) is 6.54 Å². The summed E-state index contributed by atoms with van der Waals surface area (Å²) in [6, 6.07) is 0.139. The highest BCUT2D eigenvalue weighted by Gasteiger charge is 2.17. The van der Waals surface area contributed by atoms with Crippen molar-refractivity contribution in [2.24, 2.45) is 5.73 Å². The number of rotatable bonds is 6. The number of nitrogens with two attached hydrogens (primary N) is 1. The van der Waals surface area contributed by atoms with Gasteiger partial charge in [0.2, 0.25) is 11.9 Å². The summed E-state index contributed by atoms with van der Waals surface area (Å²) < 4.78 is 0. The number of carbonyl (C=O) groups excluding carboxylic acids is 1. The van der Waals surface area contributed by atoms with Gasteiger partial charge in [-0.15, -0.1) is 0 Å². The SMILES string of the molecule is CCNc1ncc(C)c(N(CC(N)=O)C(C)C)n1. The van der Waals surface area contributed by atoms with E-state index < -0.39 is 0 Å². The Hall–Kier alpha value is -1.85. The first-order chi connectivity index (χ1) is 8.45. The molecule has 1 heterocycles. The second-order valence-electron chi connectivity index (χ2n) is 4.42. The number of amides is 1. The molecule has 0 saturated carbocycles. The fraction of sp³-hybridized carbons (Fsp3) is 0.583. The Kier molecular flexibility index (Phi) is 4.88. The lowest BCUT2D eigenvalue weighted by atomic mass is 10.2. The maximum absolute atomic E-state index is 11.1. The molecule has 0 bridgehead atoms. The van der Waals surface area contributed by atoms with E-state index in [-0.39, 0.29) is 18.5 Å². The number of aromatic nitrogens is 2. The lowest BCUT2D eigenvalue weighted by molar-refractivity contribution is -0.116. The summed E-state index contributed by atoms with van der Waals surface area (Å²) in [5, 5.41) is 3.06. The first-order valence-electron chi connectivity index (χ1n) is 6.08. The molecule has 0 saturated heterocycles. The third-order valence-corrected chi connectivity index (χ3v) is 2.50. The molecule has 6 heteroatoms. The van der Waals surface area contributed by atoms with E-state index in [0.717, 1.165) is 17.9 Å². The van der Waals surface area contributed by atoms with E-state index in [1.165, 1.54) is 0 Å². The quantitative estimate of drug-likeness (QED) is 0.785. The Balaban J connectivity index is 3.09. The van der Waals surface area contributed by atoms with Gasteiger partial charge in [-0.2, -0.15) is 4.98 Å². The van der Waals surface area contributed by atoms with Crippen LogP contribution in [0.25, 0.3) is 0 Å². The van der Waals surface area contributed by atoms with Gasteiger partial charge in [0.1, 0.15) is 5.82 Å². The number of carbonyl (C=O) groups is 1. The molecule has 100 valence electrons. The Morgan fingerprint density at radius 2 is 2.22 bits per heavy atom. The van der Waals surface area contributed by atoms with Crippen molar-refractivity contribution >= 4 is 17.7 Å². The Bertz CT molecular complexity index is 419. The largest absolute Gasteiger partial charge is 0.368 e. The van der Waals surface area contributed by atoms with Crippen LogP contribution in [0, 0.1) is 6.92 Å². The molecule has 3 N–H and O–H groups in total. The van der Waals surface area contributed by atoms with E-state index in [1.54, 1.807) is 6.20 Å². The monoisotopic (exact) mass is 251 g/mol. The van der Waals surface area contributed by atoms with E-state index in [2.05, 4.69) is 15.3 Å². The predicted molar refractivity (Wildman–Crippen MR) is 72.6 cm³/mol. The van der Waals surface area contributed by atoms with Crippen molar-refractivity contribution < 1.29 is 4.79 Å². The Labute approximate surface area is 108 Å². The van der Waals surface area contributed by atoms with Gasteiger partial charge >= 0.3 is 0 Å². The molecule has 0 fully saturated rings. The highest BCUT2D eigenvalue weighted by atomic mass is 16.1. The average Bonchev–Trinajstić information content (AvgIpc) is 2.28. The smallest absolute Gasteiger partial charge is 0.237 e. The number of hydrogen-bond donors (Lipinski definition) is 2. The van der Waals surface area contributed by atoms with Crippen LogP contribution in [0.5, 0.6) is 0 Å². The molecular weight excluding hydrogens is 230 g/mol. The second-order valence-corrected chi connectivity index (χ2v) is 4.42. The molecule has 0 aliphatic carbocycles. The van der Waals surface area contributed by atoms with Crippen molar-refractivity contribution in [3.8, 4) is 0 Å². The van der Waals surface area contributed by atoms with Crippen molar-refractivity contribution in [1.82, 2.24) is 9.97 Å². The summed E-state index contributed by atoms with van der Waals surface area (Å²) in [6.45, 7) is 8.80. The maximum atomic E-state index is 11.1. The Morgan fingerprint density at radius 1 is 1.56 bits per heavy atom. The normalized spacial score (nSPS) is 10.5. The standard InChI is InChI=1S/C12H21N5O/c1-5-14-12-15-6-9(4)11(16-12)17(8(2)3)7-10(13)18/h6,8H,5,7H2,1-4H3,(H2,13,18)(H,14,15,16). The summed E-state index contributed by atoms with van der Waals surface area (Å²) in [6.07, 6.45) is 1.75. The van der Waals surface area contributed by atoms with E-state index in [4.69, 9.17) is 5.73 Å². The minimum Gasteiger partial charge on any atom is -0.368 e. The highest BCUT2D eigenvalue weighted by Crippen LogP contribution is 2.19. The number of primary amides is 1. The molecular formula is C12H21N5O. The van der Waals surface area contributed by atoms with Crippen LogP contribution in [-0.2, 0) is 4.79 Å². The summed E-state index contributed by atoms with van der Waals surface area (Å²) in [5.74, 6) is 0.940. The molecule has 0 unspecified atom stereocenters. The molecule has 18 heavy (non-hydrogen) atoms. The van der Waals surface area contributed by atoms with Gasteiger partial charge in [-0.3, -0.25) is 4.79 Å². The highest BCUT2D eigenvalue weighted by molar-refractivity contribution is 5.79. The predicted octanol–water partition coefficient (Wildman–Crippen LogP) is 0.917. The van der Waals surface area contributed by atoms with E-state index >= 15 is 0 Å². The topological polar surface area (TPSA) is 84.1 Å². The van der Waals surface area contributed by atoms with Crippen molar-refractivity contribution in [2.45, 2.75) is 33.7 Å². The van der Waals surface area contributed by atoms with Crippen molar-refractivity contribution in [3.63, 3.8) is 0 Å². The summed E-state index contributed by atoms with van der Waals surface area (Å²) in [7, 11) is 0. The van der Waals surface area contributed by atoms with Crippen LogP contribution in [0.1, 0.15) is 26.3 Å². The van der Waals surface area contributed by atoms with E-state index in [0.29, 0.717) is 5.95 Å². The summed E-state index contributed by atoms with van der Waals surface area (Å²) >= 11 is 0. The molecule has 1 amide bonds. The lowest BCUT2D eigenvalue weighted by Gasteiger charge is -2.27. The minimum absolute atomic E-state index is 0.139. The summed E-state index contributed by atoms with van der Waals surface area (Å²) in [5.41, 5.74) is 6.20. The second kappa shape index (κ2) is 6.18. The fourth-order valence-electron chi connectivity index (χ4n) is 1.64. The fourth-order valence-corrected chi connectivity index (χ4v) is 1.64. The average molecular weight is 251 g/mol. The van der Waals surface area contributed by atoms with E-state index in [9.17, 15) is 4.79 Å². The molecule has 0 aliphatic rings. The zero-order valence-corrected chi connectivity index (χ0v) is 11.4. The van der Waals surface area contributed by atoms with Crippen LogP contribution in [0.4, 0.5) is 11.8 Å². The molecule has 1 aromatic rings. The molecule has 0 atom stereocenters. The molecule has 0 radical (unpaired) electrons. The van der Waals surface area contributed by atoms with E-state index in [1.807, 2.05) is 32.6 Å². The van der Waals surface area contributed by atoms with Crippen LogP contribution in [-0.4, -0.2) is 35.0 Å². The van der Waals surface area contributed by atoms with Crippen molar-refractivity contribution in [3.05, 3.63) is 11.8 Å². The van der Waals surface area contributed by atoms with Gasteiger partial charge in [-0.05, 0) is 27.7 Å². The maximum Gasteiger partial charge on any atom is 0.237 e. The van der Waals surface area contributed by atoms with Gasteiger partial charge < -0.3 is 16.0 Å². The molecule has 0 aliphatic heterocycles. The van der Waals surface area contributed by atoms with Gasteiger partial charge in [0, 0.05) is 24.3 Å². The third-order valence-electron chi connectivity index (χ3n) is 2.50. The number of anilines is 2.